The topological polar surface area (TPSA) is 115 Å². The van der Waals surface area contributed by atoms with Crippen molar-refractivity contribution in [3.8, 4) is 0 Å². The van der Waals surface area contributed by atoms with Gasteiger partial charge in [0.1, 0.15) is 6.34 Å². The quantitative estimate of drug-likeness (QED) is 0.125. The van der Waals surface area contributed by atoms with E-state index in [1.807, 2.05) is 0 Å². The number of nitrogens with two attached hydrogens (primary N) is 1. The van der Waals surface area contributed by atoms with Crippen molar-refractivity contribution < 1.29 is 10.4 Å². The summed E-state index contributed by atoms with van der Waals surface area (Å²) in [5, 5.41) is 28.8. The maximum Gasteiger partial charge on any atom is 0.172 e. The number of benzene rings is 1. The van der Waals surface area contributed by atoms with E-state index in [1.165, 1.54) is 6.34 Å². The first-order valence-electron chi connectivity index (χ1n) is 5.49. The van der Waals surface area contributed by atoms with Gasteiger partial charge in [-0.1, -0.05) is 10.3 Å². The molecular formula is C11H17N5O2. The van der Waals surface area contributed by atoms with Crippen LogP contribution in [-0.2, 0) is 0 Å². The Kier molecular flexibility index (Phi) is 5.88. The van der Waals surface area contributed by atoms with E-state index < -0.39 is 0 Å². The number of nitrogen functional groups attached to an aromatic ring is 1. The molecule has 1 aromatic carbocycles. The molecule has 6 N–H and O–H groups in total. The van der Waals surface area contributed by atoms with Crippen molar-refractivity contribution in [2.75, 3.05) is 18.8 Å². The SMILES string of the molecule is Nc1ccc(/C(=N/O)NCCCN/C=N\O)cc1. The number of nitrogens with one attached hydrogen (secondary N) is 2. The van der Waals surface area contributed by atoms with E-state index in [1.54, 1.807) is 24.3 Å². The molecule has 0 radical (unpaired) electrons. The van der Waals surface area contributed by atoms with Gasteiger partial charge >= 0.3 is 0 Å². The highest BCUT2D eigenvalue weighted by atomic mass is 16.4. The number of hydrogen-bond donors (Lipinski definition) is 5. The summed E-state index contributed by atoms with van der Waals surface area (Å²) < 4.78 is 0. The van der Waals surface area contributed by atoms with Gasteiger partial charge in [0.05, 0.1) is 0 Å². The van der Waals surface area contributed by atoms with E-state index >= 15 is 0 Å². The molecule has 0 amide bonds. The zero-order valence-corrected chi connectivity index (χ0v) is 9.87. The Hall–Kier alpha value is -2.44. The molecule has 0 aliphatic rings. The molecule has 7 nitrogen and oxygen atoms in total. The van der Waals surface area contributed by atoms with Gasteiger partial charge in [-0.25, -0.2) is 0 Å². The van der Waals surface area contributed by atoms with Crippen LogP contribution in [0.3, 0.4) is 0 Å². The zero-order chi connectivity index (χ0) is 13.2. The van der Waals surface area contributed by atoms with Crippen molar-refractivity contribution in [2.24, 2.45) is 10.3 Å². The minimum atomic E-state index is 0.394. The van der Waals surface area contributed by atoms with Crippen molar-refractivity contribution in [2.45, 2.75) is 6.42 Å². The summed E-state index contributed by atoms with van der Waals surface area (Å²) in [6, 6.07) is 7.02. The lowest BCUT2D eigenvalue weighted by molar-refractivity contribution is 0.317. The molecule has 0 heterocycles. The van der Waals surface area contributed by atoms with Gasteiger partial charge in [0.15, 0.2) is 5.84 Å². The minimum Gasteiger partial charge on any atom is -0.410 e. The Morgan fingerprint density at radius 3 is 2.56 bits per heavy atom. The summed E-state index contributed by atoms with van der Waals surface area (Å²) in [6.45, 7) is 1.27. The molecular weight excluding hydrogens is 234 g/mol. The Bertz CT molecular complexity index is 402. The van der Waals surface area contributed by atoms with E-state index in [4.69, 9.17) is 16.1 Å². The van der Waals surface area contributed by atoms with Gasteiger partial charge in [-0.05, 0) is 30.7 Å². The molecule has 7 heteroatoms. The predicted octanol–water partition coefficient (Wildman–Crippen LogP) is 0.391. The molecule has 18 heavy (non-hydrogen) atoms. The molecule has 0 aliphatic carbocycles. The highest BCUT2D eigenvalue weighted by Gasteiger charge is 2.02. The Morgan fingerprint density at radius 2 is 1.94 bits per heavy atom. The lowest BCUT2D eigenvalue weighted by Gasteiger charge is -2.08. The monoisotopic (exact) mass is 251 g/mol. The fraction of sp³-hybridized carbons (Fsp3) is 0.273. The second-order valence-corrected chi connectivity index (χ2v) is 3.55. The fourth-order valence-electron chi connectivity index (χ4n) is 1.34. The van der Waals surface area contributed by atoms with Crippen LogP contribution in [0.25, 0.3) is 0 Å². The highest BCUT2D eigenvalue weighted by molar-refractivity contribution is 5.98. The number of hydrogen-bond acceptors (Lipinski definition) is 5. The van der Waals surface area contributed by atoms with E-state index in [-0.39, 0.29) is 0 Å². The molecule has 0 aromatic heterocycles. The molecule has 0 atom stereocenters. The zero-order valence-electron chi connectivity index (χ0n) is 9.87. The molecule has 0 saturated carbocycles. The summed E-state index contributed by atoms with van der Waals surface area (Å²) in [6.07, 6.45) is 1.99. The van der Waals surface area contributed by atoms with Crippen LogP contribution in [0.15, 0.2) is 34.6 Å². The van der Waals surface area contributed by atoms with Crippen molar-refractivity contribution in [3.63, 3.8) is 0 Å². The van der Waals surface area contributed by atoms with Gasteiger partial charge < -0.3 is 26.8 Å². The van der Waals surface area contributed by atoms with Crippen molar-refractivity contribution in [1.29, 1.82) is 0 Å². The highest BCUT2D eigenvalue weighted by Crippen LogP contribution is 2.05. The van der Waals surface area contributed by atoms with Gasteiger partial charge in [0.25, 0.3) is 0 Å². The first kappa shape index (κ1) is 13.6. The van der Waals surface area contributed by atoms with Crippen LogP contribution < -0.4 is 16.4 Å². The number of anilines is 1. The maximum atomic E-state index is 8.91. The molecule has 1 aromatic rings. The fourth-order valence-corrected chi connectivity index (χ4v) is 1.34. The lowest BCUT2D eigenvalue weighted by atomic mass is 10.2. The standard InChI is InChI=1S/C11H17N5O2/c12-10-4-2-9(3-5-10)11(16-18)14-7-1-6-13-8-15-17/h2-5,8,17-18H,1,6-7,12H2,(H,13,15)(H,14,16). The average molecular weight is 251 g/mol. The number of nitrogens with zero attached hydrogens (tertiary/aromatic N) is 2. The molecule has 0 spiro atoms. The van der Waals surface area contributed by atoms with Gasteiger partial charge in [-0.3, -0.25) is 0 Å². The summed E-state index contributed by atoms with van der Waals surface area (Å²) >= 11 is 0. The van der Waals surface area contributed by atoms with Crippen molar-refractivity contribution in [1.82, 2.24) is 10.6 Å². The van der Waals surface area contributed by atoms with E-state index in [9.17, 15) is 0 Å². The van der Waals surface area contributed by atoms with Crippen LogP contribution in [-0.4, -0.2) is 35.7 Å². The number of rotatable bonds is 6. The third-order valence-electron chi connectivity index (χ3n) is 2.22. The lowest BCUT2D eigenvalue weighted by Crippen LogP contribution is -2.28. The van der Waals surface area contributed by atoms with Gasteiger partial charge in [0, 0.05) is 24.3 Å². The normalized spacial score (nSPS) is 11.7. The molecule has 0 aliphatic heterocycles. The third-order valence-corrected chi connectivity index (χ3v) is 2.22. The predicted molar refractivity (Wildman–Crippen MR) is 70.1 cm³/mol. The van der Waals surface area contributed by atoms with E-state index in [2.05, 4.69) is 20.9 Å². The summed E-state index contributed by atoms with van der Waals surface area (Å²) in [5.41, 5.74) is 6.99. The van der Waals surface area contributed by atoms with Crippen molar-refractivity contribution in [3.05, 3.63) is 29.8 Å². The van der Waals surface area contributed by atoms with Crippen LogP contribution in [0.4, 0.5) is 5.69 Å². The second kappa shape index (κ2) is 7.77. The van der Waals surface area contributed by atoms with E-state index in [0.717, 1.165) is 12.0 Å². The first-order valence-corrected chi connectivity index (χ1v) is 5.49. The minimum absolute atomic E-state index is 0.394. The van der Waals surface area contributed by atoms with Gasteiger partial charge in [-0.15, -0.1) is 0 Å². The van der Waals surface area contributed by atoms with Crippen LogP contribution in [0, 0.1) is 0 Å². The Balaban J connectivity index is 2.37. The molecule has 0 bridgehead atoms. The Labute approximate surface area is 105 Å². The summed E-state index contributed by atoms with van der Waals surface area (Å²) in [7, 11) is 0. The second-order valence-electron chi connectivity index (χ2n) is 3.55. The van der Waals surface area contributed by atoms with Crippen LogP contribution in [0.5, 0.6) is 0 Å². The smallest absolute Gasteiger partial charge is 0.172 e. The van der Waals surface area contributed by atoms with Crippen LogP contribution >= 0.6 is 0 Å². The molecule has 1 rings (SSSR count). The molecule has 0 unspecified atom stereocenters. The largest absolute Gasteiger partial charge is 0.410 e. The summed E-state index contributed by atoms with van der Waals surface area (Å²) in [4.78, 5) is 0. The van der Waals surface area contributed by atoms with Crippen LogP contribution in [0.1, 0.15) is 12.0 Å². The number of oxime groups is 2. The summed E-state index contributed by atoms with van der Waals surface area (Å²) in [5.74, 6) is 0.394. The Morgan fingerprint density at radius 1 is 1.22 bits per heavy atom. The first-order chi connectivity index (χ1) is 8.77. The van der Waals surface area contributed by atoms with Crippen LogP contribution in [0.2, 0.25) is 0 Å². The molecule has 98 valence electrons. The van der Waals surface area contributed by atoms with E-state index in [0.29, 0.717) is 24.6 Å². The maximum absolute atomic E-state index is 8.91. The third kappa shape index (κ3) is 4.60. The van der Waals surface area contributed by atoms with Gasteiger partial charge in [-0.2, -0.15) is 0 Å². The molecule has 0 fully saturated rings. The van der Waals surface area contributed by atoms with Gasteiger partial charge in [0.2, 0.25) is 0 Å². The molecule has 0 saturated heterocycles. The average Bonchev–Trinajstić information content (AvgIpc) is 2.39. The van der Waals surface area contributed by atoms with Crippen molar-refractivity contribution >= 4 is 17.9 Å². The number of amidine groups is 1.